The lowest BCUT2D eigenvalue weighted by Gasteiger charge is -1.98. The largest absolute Gasteiger partial charge is 0.351 e. The summed E-state index contributed by atoms with van der Waals surface area (Å²) in [5, 5.41) is 4.48. The van der Waals surface area contributed by atoms with Gasteiger partial charge in [-0.05, 0) is 23.9 Å². The van der Waals surface area contributed by atoms with Gasteiger partial charge in [0.05, 0.1) is 4.88 Å². The van der Waals surface area contributed by atoms with Crippen LogP contribution in [0.5, 0.6) is 0 Å². The molecular weight excluding hydrogens is 222 g/mol. The zero-order valence-corrected chi connectivity index (χ0v) is 9.24. The molecule has 0 spiro atoms. The van der Waals surface area contributed by atoms with Crippen LogP contribution in [0.3, 0.4) is 0 Å². The first-order valence-electron chi connectivity index (χ1n) is 4.04. The molecule has 1 aromatic rings. The van der Waals surface area contributed by atoms with Crippen molar-refractivity contribution in [1.82, 2.24) is 5.32 Å². The van der Waals surface area contributed by atoms with Crippen LogP contribution in [0, 0.1) is 0 Å². The molecule has 0 atom stereocenters. The molecule has 1 heterocycles. The third-order valence-electron chi connectivity index (χ3n) is 1.61. The average molecular weight is 232 g/mol. The van der Waals surface area contributed by atoms with Crippen LogP contribution in [0.2, 0.25) is 0 Å². The highest BCUT2D eigenvalue weighted by atomic mass is 35.5. The van der Waals surface area contributed by atoms with Crippen molar-refractivity contribution >= 4 is 34.6 Å². The molecule has 1 aromatic heterocycles. The topological polar surface area (TPSA) is 46.2 Å². The van der Waals surface area contributed by atoms with Gasteiger partial charge < -0.3 is 5.32 Å². The summed E-state index contributed by atoms with van der Waals surface area (Å²) in [5.74, 6) is -0.198. The number of ketones is 1. The number of thiophene rings is 1. The Morgan fingerprint density at radius 1 is 1.57 bits per heavy atom. The molecule has 5 heteroatoms. The van der Waals surface area contributed by atoms with E-state index in [4.69, 9.17) is 11.6 Å². The molecule has 0 aromatic carbocycles. The number of hydrogen-bond acceptors (Lipinski definition) is 3. The maximum absolute atomic E-state index is 11.0. The Balaban J connectivity index is 2.52. The number of rotatable bonds is 4. The number of halogens is 1. The zero-order chi connectivity index (χ0) is 10.6. The molecule has 0 unspecified atom stereocenters. The summed E-state index contributed by atoms with van der Waals surface area (Å²) < 4.78 is 0. The average Bonchev–Trinajstić information content (AvgIpc) is 2.62. The molecule has 1 N–H and O–H groups in total. The molecular formula is C9H10ClNO2S. The molecule has 1 rings (SSSR count). The first-order valence-corrected chi connectivity index (χ1v) is 5.46. The van der Waals surface area contributed by atoms with E-state index in [1.807, 2.05) is 5.38 Å². The number of amides is 1. The number of nitrogens with one attached hydrogen (secondary N) is 1. The fraction of sp³-hybridized carbons (Fsp3) is 0.333. The van der Waals surface area contributed by atoms with Crippen molar-refractivity contribution in [1.29, 1.82) is 0 Å². The molecule has 0 radical (unpaired) electrons. The Bertz CT molecular complexity index is 348. The summed E-state index contributed by atoms with van der Waals surface area (Å²) in [6.07, 6.45) is 0. The van der Waals surface area contributed by atoms with Crippen molar-refractivity contribution in [3.63, 3.8) is 0 Å². The van der Waals surface area contributed by atoms with Crippen LogP contribution in [-0.2, 0) is 11.3 Å². The van der Waals surface area contributed by atoms with Crippen LogP contribution in [0.25, 0.3) is 0 Å². The number of hydrogen-bond donors (Lipinski definition) is 1. The molecule has 14 heavy (non-hydrogen) atoms. The predicted molar refractivity (Wildman–Crippen MR) is 56.9 cm³/mol. The molecule has 1 amide bonds. The monoisotopic (exact) mass is 231 g/mol. The van der Waals surface area contributed by atoms with Crippen LogP contribution in [0.4, 0.5) is 0 Å². The zero-order valence-electron chi connectivity index (χ0n) is 7.67. The van der Waals surface area contributed by atoms with E-state index in [-0.39, 0.29) is 17.6 Å². The fourth-order valence-electron chi connectivity index (χ4n) is 0.901. The molecule has 0 aliphatic rings. The highest BCUT2D eigenvalue weighted by molar-refractivity contribution is 7.12. The van der Waals surface area contributed by atoms with Gasteiger partial charge in [0, 0.05) is 6.54 Å². The van der Waals surface area contributed by atoms with Crippen LogP contribution >= 0.6 is 22.9 Å². The number of carbonyl (C=O) groups excluding carboxylic acids is 2. The van der Waals surface area contributed by atoms with Gasteiger partial charge in [0.25, 0.3) is 0 Å². The molecule has 0 aliphatic heterocycles. The molecule has 0 aliphatic carbocycles. The minimum absolute atomic E-state index is 0.0380. The molecule has 0 saturated carbocycles. The summed E-state index contributed by atoms with van der Waals surface area (Å²) >= 11 is 6.69. The summed E-state index contributed by atoms with van der Waals surface area (Å²) in [4.78, 5) is 22.5. The summed E-state index contributed by atoms with van der Waals surface area (Å²) in [7, 11) is 0. The lowest BCUT2D eigenvalue weighted by atomic mass is 10.2. The first kappa shape index (κ1) is 11.2. The maximum Gasteiger partial charge on any atom is 0.235 e. The lowest BCUT2D eigenvalue weighted by molar-refractivity contribution is -0.118. The van der Waals surface area contributed by atoms with Crippen molar-refractivity contribution in [2.75, 3.05) is 5.88 Å². The van der Waals surface area contributed by atoms with E-state index in [2.05, 4.69) is 5.32 Å². The molecule has 0 saturated heterocycles. The van der Waals surface area contributed by atoms with E-state index >= 15 is 0 Å². The molecule has 0 fully saturated rings. The summed E-state index contributed by atoms with van der Waals surface area (Å²) in [6, 6.07) is 1.78. The Kier molecular flexibility index (Phi) is 4.10. The lowest BCUT2D eigenvalue weighted by Crippen LogP contribution is -2.23. The SMILES string of the molecule is CC(=O)c1cc(CNC(=O)CCl)cs1. The van der Waals surface area contributed by atoms with E-state index in [1.54, 1.807) is 6.07 Å². The van der Waals surface area contributed by atoms with E-state index in [0.29, 0.717) is 11.4 Å². The Labute approximate surface area is 91.1 Å². The van der Waals surface area contributed by atoms with Gasteiger partial charge in [-0.25, -0.2) is 0 Å². The second-order valence-electron chi connectivity index (χ2n) is 2.79. The van der Waals surface area contributed by atoms with Crippen molar-refractivity contribution in [3.05, 3.63) is 21.9 Å². The van der Waals surface area contributed by atoms with E-state index in [9.17, 15) is 9.59 Å². The minimum atomic E-state index is -0.206. The standard InChI is InChI=1S/C9H10ClNO2S/c1-6(12)8-2-7(5-14-8)4-11-9(13)3-10/h2,5H,3-4H2,1H3,(H,11,13). The van der Waals surface area contributed by atoms with Crippen molar-refractivity contribution in [3.8, 4) is 0 Å². The van der Waals surface area contributed by atoms with Gasteiger partial charge in [0.2, 0.25) is 5.91 Å². The van der Waals surface area contributed by atoms with Crippen LogP contribution in [0.15, 0.2) is 11.4 Å². The van der Waals surface area contributed by atoms with Gasteiger partial charge in [-0.3, -0.25) is 9.59 Å². The summed E-state index contributed by atoms with van der Waals surface area (Å²) in [5.41, 5.74) is 0.929. The number of carbonyl (C=O) groups is 2. The van der Waals surface area contributed by atoms with Gasteiger partial charge in [-0.1, -0.05) is 0 Å². The Morgan fingerprint density at radius 3 is 2.79 bits per heavy atom. The van der Waals surface area contributed by atoms with Crippen molar-refractivity contribution in [2.24, 2.45) is 0 Å². The van der Waals surface area contributed by atoms with Gasteiger partial charge in [0.1, 0.15) is 5.88 Å². The maximum atomic E-state index is 11.0. The van der Waals surface area contributed by atoms with Crippen molar-refractivity contribution < 1.29 is 9.59 Å². The molecule has 0 bridgehead atoms. The van der Waals surface area contributed by atoms with Crippen LogP contribution in [0.1, 0.15) is 22.2 Å². The fourth-order valence-corrected chi connectivity index (χ4v) is 1.81. The Morgan fingerprint density at radius 2 is 2.29 bits per heavy atom. The predicted octanol–water partition coefficient (Wildman–Crippen LogP) is 1.81. The first-order chi connectivity index (χ1) is 6.63. The Hall–Kier alpha value is -0.870. The van der Waals surface area contributed by atoms with Gasteiger partial charge in [-0.2, -0.15) is 0 Å². The number of Topliss-reactive ketones (excluding diaryl/α,β-unsaturated/α-hetero) is 1. The molecule has 76 valence electrons. The van der Waals surface area contributed by atoms with Gasteiger partial charge >= 0.3 is 0 Å². The highest BCUT2D eigenvalue weighted by Gasteiger charge is 2.04. The van der Waals surface area contributed by atoms with Gasteiger partial charge in [0.15, 0.2) is 5.78 Å². The van der Waals surface area contributed by atoms with E-state index in [1.165, 1.54) is 18.3 Å². The molecule has 3 nitrogen and oxygen atoms in total. The van der Waals surface area contributed by atoms with Crippen LogP contribution < -0.4 is 5.32 Å². The van der Waals surface area contributed by atoms with Crippen molar-refractivity contribution in [2.45, 2.75) is 13.5 Å². The third kappa shape index (κ3) is 3.12. The quantitative estimate of drug-likeness (QED) is 0.635. The van der Waals surface area contributed by atoms with Gasteiger partial charge in [-0.15, -0.1) is 22.9 Å². The third-order valence-corrected chi connectivity index (χ3v) is 2.93. The minimum Gasteiger partial charge on any atom is -0.351 e. The number of alkyl halides is 1. The summed E-state index contributed by atoms with van der Waals surface area (Å²) in [6.45, 7) is 1.95. The second-order valence-corrected chi connectivity index (χ2v) is 3.96. The second kappa shape index (κ2) is 5.12. The van der Waals surface area contributed by atoms with E-state index in [0.717, 1.165) is 5.56 Å². The highest BCUT2D eigenvalue weighted by Crippen LogP contribution is 2.14. The normalized spacial score (nSPS) is 9.86. The smallest absolute Gasteiger partial charge is 0.235 e. The van der Waals surface area contributed by atoms with Crippen LogP contribution in [-0.4, -0.2) is 17.6 Å². The van der Waals surface area contributed by atoms with E-state index < -0.39 is 0 Å².